The van der Waals surface area contributed by atoms with E-state index in [0.717, 1.165) is 10.8 Å². The highest BCUT2D eigenvalue weighted by atomic mass is 16.5. The first-order chi connectivity index (χ1) is 8.58. The Bertz CT molecular complexity index is 560. The summed E-state index contributed by atoms with van der Waals surface area (Å²) in [4.78, 5) is 11.1. The summed E-state index contributed by atoms with van der Waals surface area (Å²) in [6, 6.07) is 13.5. The molecule has 0 spiro atoms. The molecule has 0 aliphatic carbocycles. The first-order valence-electron chi connectivity index (χ1n) is 5.96. The van der Waals surface area contributed by atoms with Gasteiger partial charge in [0.05, 0.1) is 0 Å². The van der Waals surface area contributed by atoms with Gasteiger partial charge in [-0.2, -0.15) is 0 Å². The quantitative estimate of drug-likeness (QED) is 0.897. The van der Waals surface area contributed by atoms with Gasteiger partial charge in [-0.1, -0.05) is 44.2 Å². The third-order valence-corrected chi connectivity index (χ3v) is 2.83. The highest BCUT2D eigenvalue weighted by molar-refractivity contribution is 5.84. The van der Waals surface area contributed by atoms with E-state index in [-0.39, 0.29) is 5.92 Å². The molecule has 0 bridgehead atoms. The summed E-state index contributed by atoms with van der Waals surface area (Å²) >= 11 is 0. The number of ether oxygens (including phenoxy) is 1. The van der Waals surface area contributed by atoms with Crippen molar-refractivity contribution in [1.29, 1.82) is 0 Å². The minimum absolute atomic E-state index is 0.0750. The lowest BCUT2D eigenvalue weighted by Gasteiger charge is -2.18. The molecule has 2 aromatic carbocycles. The lowest BCUT2D eigenvalue weighted by molar-refractivity contribution is -0.147. The third-order valence-electron chi connectivity index (χ3n) is 2.83. The van der Waals surface area contributed by atoms with Crippen molar-refractivity contribution in [2.75, 3.05) is 0 Å². The molecule has 0 heterocycles. The van der Waals surface area contributed by atoms with Crippen LogP contribution >= 0.6 is 0 Å². The van der Waals surface area contributed by atoms with Crippen molar-refractivity contribution < 1.29 is 14.6 Å². The number of carboxylic acids is 1. The predicted molar refractivity (Wildman–Crippen MR) is 70.8 cm³/mol. The smallest absolute Gasteiger partial charge is 0.345 e. The van der Waals surface area contributed by atoms with E-state index in [2.05, 4.69) is 0 Å². The molecule has 0 amide bonds. The monoisotopic (exact) mass is 244 g/mol. The van der Waals surface area contributed by atoms with Crippen LogP contribution in [0.2, 0.25) is 0 Å². The number of rotatable bonds is 4. The first kappa shape index (κ1) is 12.4. The molecule has 94 valence electrons. The minimum Gasteiger partial charge on any atom is -0.478 e. The van der Waals surface area contributed by atoms with Gasteiger partial charge in [-0.25, -0.2) is 4.79 Å². The van der Waals surface area contributed by atoms with E-state index < -0.39 is 12.1 Å². The Morgan fingerprint density at radius 2 is 1.78 bits per heavy atom. The standard InChI is InChI=1S/C15H16O3/c1-10(2)14(15(16)17)18-13-8-7-11-5-3-4-6-12(11)9-13/h3-10,14H,1-2H3,(H,16,17)/t14-/m1/s1. The normalized spacial score (nSPS) is 12.6. The van der Waals surface area contributed by atoms with Crippen LogP contribution in [0.25, 0.3) is 10.8 Å². The SMILES string of the molecule is CC(C)[C@@H](Oc1ccc2ccccc2c1)C(=O)O. The van der Waals surface area contributed by atoms with Crippen LogP contribution in [-0.4, -0.2) is 17.2 Å². The van der Waals surface area contributed by atoms with Crippen LogP contribution < -0.4 is 4.74 Å². The van der Waals surface area contributed by atoms with Crippen LogP contribution in [0.1, 0.15) is 13.8 Å². The summed E-state index contributed by atoms with van der Waals surface area (Å²) in [5, 5.41) is 11.2. The molecule has 0 radical (unpaired) electrons. The second-order valence-electron chi connectivity index (χ2n) is 4.63. The zero-order valence-corrected chi connectivity index (χ0v) is 10.5. The molecule has 3 nitrogen and oxygen atoms in total. The number of carbonyl (C=O) groups is 1. The van der Waals surface area contributed by atoms with E-state index in [1.165, 1.54) is 0 Å². The Balaban J connectivity index is 2.28. The maximum atomic E-state index is 11.1. The molecule has 18 heavy (non-hydrogen) atoms. The van der Waals surface area contributed by atoms with E-state index in [0.29, 0.717) is 5.75 Å². The fourth-order valence-corrected chi connectivity index (χ4v) is 1.86. The number of carboxylic acid groups (broad SMARTS) is 1. The van der Waals surface area contributed by atoms with Crippen LogP contribution in [-0.2, 0) is 4.79 Å². The molecule has 0 unspecified atom stereocenters. The van der Waals surface area contributed by atoms with E-state index >= 15 is 0 Å². The average molecular weight is 244 g/mol. The lowest BCUT2D eigenvalue weighted by atomic mass is 10.1. The number of hydrogen-bond donors (Lipinski definition) is 1. The van der Waals surface area contributed by atoms with Gasteiger partial charge in [0.25, 0.3) is 0 Å². The van der Waals surface area contributed by atoms with Gasteiger partial charge in [-0.15, -0.1) is 0 Å². The van der Waals surface area contributed by atoms with Crippen molar-refractivity contribution >= 4 is 16.7 Å². The van der Waals surface area contributed by atoms with Gasteiger partial charge in [-0.05, 0) is 22.9 Å². The molecule has 0 fully saturated rings. The molecular formula is C15H16O3. The zero-order chi connectivity index (χ0) is 13.1. The number of aliphatic carboxylic acids is 1. The second-order valence-corrected chi connectivity index (χ2v) is 4.63. The van der Waals surface area contributed by atoms with Gasteiger partial charge < -0.3 is 9.84 Å². The molecule has 0 aromatic heterocycles. The molecule has 2 rings (SSSR count). The van der Waals surface area contributed by atoms with Gasteiger partial charge in [0.1, 0.15) is 5.75 Å². The molecule has 1 N–H and O–H groups in total. The Morgan fingerprint density at radius 1 is 1.11 bits per heavy atom. The maximum absolute atomic E-state index is 11.1. The highest BCUT2D eigenvalue weighted by Crippen LogP contribution is 2.22. The maximum Gasteiger partial charge on any atom is 0.345 e. The van der Waals surface area contributed by atoms with E-state index in [1.807, 2.05) is 50.2 Å². The van der Waals surface area contributed by atoms with Crippen LogP contribution in [0.3, 0.4) is 0 Å². The van der Waals surface area contributed by atoms with Crippen molar-refractivity contribution in [3.05, 3.63) is 42.5 Å². The summed E-state index contributed by atoms with van der Waals surface area (Å²) in [6.45, 7) is 3.67. The van der Waals surface area contributed by atoms with Gasteiger partial charge >= 0.3 is 5.97 Å². The first-order valence-corrected chi connectivity index (χ1v) is 5.96. The average Bonchev–Trinajstić information content (AvgIpc) is 2.35. The van der Waals surface area contributed by atoms with E-state index in [9.17, 15) is 4.79 Å². The molecule has 0 aliphatic rings. The molecule has 3 heteroatoms. The van der Waals surface area contributed by atoms with Crippen LogP contribution in [0.4, 0.5) is 0 Å². The second kappa shape index (κ2) is 5.08. The Morgan fingerprint density at radius 3 is 2.39 bits per heavy atom. The Labute approximate surface area is 106 Å². The van der Waals surface area contributed by atoms with E-state index in [1.54, 1.807) is 6.07 Å². The van der Waals surface area contributed by atoms with Crippen LogP contribution in [0.5, 0.6) is 5.75 Å². The fraction of sp³-hybridized carbons (Fsp3) is 0.267. The van der Waals surface area contributed by atoms with Gasteiger partial charge in [0, 0.05) is 5.92 Å². The van der Waals surface area contributed by atoms with Crippen molar-refractivity contribution in [1.82, 2.24) is 0 Å². The predicted octanol–water partition coefficient (Wildman–Crippen LogP) is 3.33. The van der Waals surface area contributed by atoms with Gasteiger partial charge in [0.15, 0.2) is 6.10 Å². The van der Waals surface area contributed by atoms with Gasteiger partial charge in [0.2, 0.25) is 0 Å². The number of hydrogen-bond acceptors (Lipinski definition) is 2. The van der Waals surface area contributed by atoms with Crippen molar-refractivity contribution in [2.24, 2.45) is 5.92 Å². The number of benzene rings is 2. The minimum atomic E-state index is -0.932. The summed E-state index contributed by atoms with van der Waals surface area (Å²) in [6.07, 6.45) is -0.814. The van der Waals surface area contributed by atoms with E-state index in [4.69, 9.17) is 9.84 Å². The topological polar surface area (TPSA) is 46.5 Å². The fourth-order valence-electron chi connectivity index (χ4n) is 1.86. The van der Waals surface area contributed by atoms with Crippen molar-refractivity contribution in [3.63, 3.8) is 0 Å². The summed E-state index contributed by atoms with van der Waals surface area (Å²) in [7, 11) is 0. The largest absolute Gasteiger partial charge is 0.478 e. The third kappa shape index (κ3) is 2.62. The van der Waals surface area contributed by atoms with Crippen LogP contribution in [0, 0.1) is 5.92 Å². The summed E-state index contributed by atoms with van der Waals surface area (Å²) in [5.74, 6) is -0.415. The zero-order valence-electron chi connectivity index (χ0n) is 10.5. The van der Waals surface area contributed by atoms with Crippen molar-refractivity contribution in [2.45, 2.75) is 20.0 Å². The van der Waals surface area contributed by atoms with Crippen LogP contribution in [0.15, 0.2) is 42.5 Å². The molecule has 1 atom stereocenters. The summed E-state index contributed by atoms with van der Waals surface area (Å²) in [5.41, 5.74) is 0. The van der Waals surface area contributed by atoms with Crippen molar-refractivity contribution in [3.8, 4) is 5.75 Å². The Hall–Kier alpha value is -2.03. The lowest BCUT2D eigenvalue weighted by Crippen LogP contribution is -2.32. The highest BCUT2D eigenvalue weighted by Gasteiger charge is 2.23. The molecule has 2 aromatic rings. The molecule has 0 saturated heterocycles. The molecular weight excluding hydrogens is 228 g/mol. The number of fused-ring (bicyclic) bond motifs is 1. The molecule has 0 aliphatic heterocycles. The Kier molecular flexibility index (Phi) is 3.51. The molecule has 0 saturated carbocycles. The van der Waals surface area contributed by atoms with Gasteiger partial charge in [-0.3, -0.25) is 0 Å². The summed E-state index contributed by atoms with van der Waals surface area (Å²) < 4.78 is 5.55.